The maximum absolute atomic E-state index is 13.2. The van der Waals surface area contributed by atoms with Crippen molar-refractivity contribution in [1.82, 2.24) is 10.3 Å². The first kappa shape index (κ1) is 13.1. The molecule has 0 saturated heterocycles. The largest absolute Gasteiger partial charge is 0.457 e. The molecule has 1 aliphatic carbocycles. The van der Waals surface area contributed by atoms with Gasteiger partial charge in [0, 0.05) is 24.8 Å². The molecule has 1 saturated carbocycles. The van der Waals surface area contributed by atoms with Gasteiger partial charge < -0.3 is 10.1 Å². The number of rotatable bonds is 5. The number of hydrogen-bond acceptors (Lipinski definition) is 3. The minimum absolute atomic E-state index is 0.221. The van der Waals surface area contributed by atoms with E-state index in [2.05, 4.69) is 10.3 Å². The van der Waals surface area contributed by atoms with Crippen LogP contribution in [0.25, 0.3) is 0 Å². The highest BCUT2D eigenvalue weighted by Gasteiger charge is 2.20. The van der Waals surface area contributed by atoms with Gasteiger partial charge in [-0.15, -0.1) is 0 Å². The lowest BCUT2D eigenvalue weighted by Crippen LogP contribution is -2.16. The predicted molar refractivity (Wildman–Crippen MR) is 75.3 cm³/mol. The van der Waals surface area contributed by atoms with Gasteiger partial charge in [-0.3, -0.25) is 4.98 Å². The fourth-order valence-corrected chi connectivity index (χ4v) is 1.97. The Kier molecular flexibility index (Phi) is 3.65. The molecule has 1 aromatic carbocycles. The zero-order valence-corrected chi connectivity index (χ0v) is 11.4. The molecule has 0 bridgehead atoms. The van der Waals surface area contributed by atoms with Crippen molar-refractivity contribution in [1.29, 1.82) is 0 Å². The predicted octanol–water partition coefficient (Wildman–Crippen LogP) is 3.57. The van der Waals surface area contributed by atoms with Crippen molar-refractivity contribution < 1.29 is 9.13 Å². The molecule has 0 atom stereocenters. The van der Waals surface area contributed by atoms with Gasteiger partial charge in [-0.2, -0.15) is 0 Å². The van der Waals surface area contributed by atoms with Gasteiger partial charge in [0.1, 0.15) is 17.3 Å². The van der Waals surface area contributed by atoms with E-state index in [9.17, 15) is 4.39 Å². The van der Waals surface area contributed by atoms with Gasteiger partial charge in [-0.1, -0.05) is 0 Å². The molecule has 3 nitrogen and oxygen atoms in total. The van der Waals surface area contributed by atoms with Gasteiger partial charge in [0.25, 0.3) is 0 Å². The number of benzene rings is 1. The summed E-state index contributed by atoms with van der Waals surface area (Å²) in [5, 5.41) is 3.41. The zero-order chi connectivity index (χ0) is 13.9. The van der Waals surface area contributed by atoms with E-state index >= 15 is 0 Å². The summed E-state index contributed by atoms with van der Waals surface area (Å²) in [6.07, 6.45) is 4.24. The van der Waals surface area contributed by atoms with E-state index in [1.165, 1.54) is 18.9 Å². The van der Waals surface area contributed by atoms with Gasteiger partial charge in [-0.05, 0) is 49.6 Å². The van der Waals surface area contributed by atoms with Crippen molar-refractivity contribution in [2.45, 2.75) is 32.4 Å². The molecule has 2 aromatic rings. The summed E-state index contributed by atoms with van der Waals surface area (Å²) >= 11 is 0. The van der Waals surface area contributed by atoms with E-state index in [0.717, 1.165) is 18.0 Å². The smallest absolute Gasteiger partial charge is 0.130 e. The lowest BCUT2D eigenvalue weighted by molar-refractivity contribution is 0.477. The first-order valence-corrected chi connectivity index (χ1v) is 6.83. The topological polar surface area (TPSA) is 34.1 Å². The van der Waals surface area contributed by atoms with Crippen LogP contribution in [0.1, 0.15) is 24.1 Å². The average Bonchev–Trinajstić information content (AvgIpc) is 3.25. The highest BCUT2D eigenvalue weighted by Crippen LogP contribution is 2.24. The number of aromatic nitrogens is 1. The minimum Gasteiger partial charge on any atom is -0.457 e. The monoisotopic (exact) mass is 272 g/mol. The maximum Gasteiger partial charge on any atom is 0.130 e. The first-order chi connectivity index (χ1) is 9.70. The molecule has 0 unspecified atom stereocenters. The quantitative estimate of drug-likeness (QED) is 0.903. The van der Waals surface area contributed by atoms with E-state index < -0.39 is 0 Å². The van der Waals surface area contributed by atoms with Crippen LogP contribution in [0, 0.1) is 12.7 Å². The van der Waals surface area contributed by atoms with Gasteiger partial charge in [-0.25, -0.2) is 4.39 Å². The van der Waals surface area contributed by atoms with Gasteiger partial charge in [0.15, 0.2) is 0 Å². The van der Waals surface area contributed by atoms with Crippen molar-refractivity contribution in [3.05, 3.63) is 53.6 Å². The summed E-state index contributed by atoms with van der Waals surface area (Å²) in [4.78, 5) is 4.31. The molecule has 20 heavy (non-hydrogen) atoms. The molecule has 104 valence electrons. The average molecular weight is 272 g/mol. The molecule has 4 heteroatoms. The summed E-state index contributed by atoms with van der Waals surface area (Å²) in [5.74, 6) is 1.14. The second-order valence-corrected chi connectivity index (χ2v) is 5.15. The molecule has 1 fully saturated rings. The molecule has 1 N–H and O–H groups in total. The standard InChI is InChI=1S/C16H17FN2O/c1-11-8-14(4-5-16(11)17)20-15-6-7-18-13(9-15)10-19-12-2-3-12/h4-9,12,19H,2-3,10H2,1H3. The Bertz CT molecular complexity index is 611. The fraction of sp³-hybridized carbons (Fsp3) is 0.312. The Morgan fingerprint density at radius 1 is 1.25 bits per heavy atom. The van der Waals surface area contributed by atoms with Crippen molar-refractivity contribution in [3.63, 3.8) is 0 Å². The highest BCUT2D eigenvalue weighted by molar-refractivity contribution is 5.34. The number of ether oxygens (including phenoxy) is 1. The number of hydrogen-bond donors (Lipinski definition) is 1. The van der Waals surface area contributed by atoms with Gasteiger partial charge in [0.05, 0.1) is 5.69 Å². The van der Waals surface area contributed by atoms with Crippen LogP contribution in [0.2, 0.25) is 0 Å². The van der Waals surface area contributed by atoms with Crippen molar-refractivity contribution >= 4 is 0 Å². The summed E-state index contributed by atoms with van der Waals surface area (Å²) in [7, 11) is 0. The Balaban J connectivity index is 1.69. The number of halogens is 1. The third kappa shape index (κ3) is 3.33. The molecule has 1 aromatic heterocycles. The van der Waals surface area contributed by atoms with Crippen LogP contribution >= 0.6 is 0 Å². The van der Waals surface area contributed by atoms with Crippen molar-refractivity contribution in [3.8, 4) is 11.5 Å². The Morgan fingerprint density at radius 2 is 2.05 bits per heavy atom. The SMILES string of the molecule is Cc1cc(Oc2ccnc(CNC3CC3)c2)ccc1F. The Labute approximate surface area is 117 Å². The van der Waals surface area contributed by atoms with Crippen molar-refractivity contribution in [2.75, 3.05) is 0 Å². The summed E-state index contributed by atoms with van der Waals surface area (Å²) in [6.45, 7) is 2.48. The van der Waals surface area contributed by atoms with Gasteiger partial charge >= 0.3 is 0 Å². The Morgan fingerprint density at radius 3 is 2.80 bits per heavy atom. The molecular formula is C16H17FN2O. The van der Waals surface area contributed by atoms with E-state index in [1.54, 1.807) is 31.3 Å². The molecule has 1 heterocycles. The fourth-order valence-electron chi connectivity index (χ4n) is 1.97. The summed E-state index contributed by atoms with van der Waals surface area (Å²) < 4.78 is 19.0. The number of nitrogens with one attached hydrogen (secondary N) is 1. The van der Waals surface area contributed by atoms with Crippen LogP contribution in [-0.2, 0) is 6.54 Å². The molecule has 0 amide bonds. The molecule has 0 aliphatic heterocycles. The Hall–Kier alpha value is -1.94. The summed E-state index contributed by atoms with van der Waals surface area (Å²) in [5.41, 5.74) is 1.53. The normalized spacial score (nSPS) is 14.3. The third-order valence-electron chi connectivity index (χ3n) is 3.30. The first-order valence-electron chi connectivity index (χ1n) is 6.83. The second-order valence-electron chi connectivity index (χ2n) is 5.15. The lowest BCUT2D eigenvalue weighted by Gasteiger charge is -2.08. The molecule has 0 radical (unpaired) electrons. The number of nitrogens with zero attached hydrogens (tertiary/aromatic N) is 1. The van der Waals surface area contributed by atoms with Gasteiger partial charge in [0.2, 0.25) is 0 Å². The van der Waals surface area contributed by atoms with E-state index in [0.29, 0.717) is 17.4 Å². The second kappa shape index (κ2) is 5.59. The van der Waals surface area contributed by atoms with Crippen LogP contribution in [0.3, 0.4) is 0 Å². The van der Waals surface area contributed by atoms with Crippen molar-refractivity contribution in [2.24, 2.45) is 0 Å². The highest BCUT2D eigenvalue weighted by atomic mass is 19.1. The maximum atomic E-state index is 13.2. The third-order valence-corrected chi connectivity index (χ3v) is 3.30. The van der Waals surface area contributed by atoms with Crippen LogP contribution in [-0.4, -0.2) is 11.0 Å². The molecule has 0 spiro atoms. The van der Waals surface area contributed by atoms with Crippen LogP contribution < -0.4 is 10.1 Å². The zero-order valence-electron chi connectivity index (χ0n) is 11.4. The number of pyridine rings is 1. The lowest BCUT2D eigenvalue weighted by atomic mass is 10.2. The van der Waals surface area contributed by atoms with Crippen LogP contribution in [0.5, 0.6) is 11.5 Å². The van der Waals surface area contributed by atoms with E-state index in [1.807, 2.05) is 6.07 Å². The molecular weight excluding hydrogens is 255 g/mol. The number of aryl methyl sites for hydroxylation is 1. The summed E-state index contributed by atoms with van der Waals surface area (Å²) in [6, 6.07) is 9.11. The van der Waals surface area contributed by atoms with Crippen LogP contribution in [0.15, 0.2) is 36.5 Å². The molecule has 1 aliphatic rings. The minimum atomic E-state index is -0.221. The van der Waals surface area contributed by atoms with E-state index in [4.69, 9.17) is 4.74 Å². The molecule has 3 rings (SSSR count). The van der Waals surface area contributed by atoms with E-state index in [-0.39, 0.29) is 5.82 Å². The van der Waals surface area contributed by atoms with Crippen LogP contribution in [0.4, 0.5) is 4.39 Å².